The number of para-hydroxylation sites is 2. The summed E-state index contributed by atoms with van der Waals surface area (Å²) < 4.78 is 13.2. The monoisotopic (exact) mass is 332 g/mol. The maximum atomic E-state index is 5.86. The van der Waals surface area contributed by atoms with Crippen LogP contribution in [0, 0.1) is 0 Å². The van der Waals surface area contributed by atoms with E-state index in [1.165, 1.54) is 11.3 Å². The van der Waals surface area contributed by atoms with Crippen LogP contribution in [0.5, 0.6) is 11.5 Å². The van der Waals surface area contributed by atoms with Crippen LogP contribution in [-0.4, -0.2) is 26.4 Å². The van der Waals surface area contributed by atoms with Crippen LogP contribution in [0.15, 0.2) is 24.3 Å². The third-order valence-electron chi connectivity index (χ3n) is 3.20. The van der Waals surface area contributed by atoms with Crippen molar-refractivity contribution >= 4 is 16.3 Å². The molecule has 0 aliphatic heterocycles. The third-order valence-corrected chi connectivity index (χ3v) is 4.08. The van der Waals surface area contributed by atoms with Crippen molar-refractivity contribution in [3.8, 4) is 11.5 Å². The average molecular weight is 332 g/mol. The van der Waals surface area contributed by atoms with Crippen molar-refractivity contribution in [3.63, 3.8) is 0 Å². The molecular weight excluding hydrogens is 312 g/mol. The van der Waals surface area contributed by atoms with E-state index in [9.17, 15) is 0 Å². The van der Waals surface area contributed by atoms with E-state index >= 15 is 0 Å². The first-order valence-corrected chi connectivity index (χ1v) is 8.37. The summed E-state index contributed by atoms with van der Waals surface area (Å²) in [6.45, 7) is 9.22. The molecule has 1 aromatic carbocycles. The summed E-state index contributed by atoms with van der Waals surface area (Å²) in [5.74, 6) is 2.31. The molecule has 0 saturated heterocycles. The molecule has 0 fully saturated rings. The van der Waals surface area contributed by atoms with Crippen LogP contribution in [0.4, 0.5) is 0 Å². The van der Waals surface area contributed by atoms with Gasteiger partial charge in [0, 0.05) is 5.41 Å². The normalized spacial score (nSPS) is 11.8. The highest BCUT2D eigenvalue weighted by atomic mass is 32.1. The lowest BCUT2D eigenvalue weighted by atomic mass is 9.96. The predicted molar refractivity (Wildman–Crippen MR) is 89.3 cm³/mol. The Morgan fingerprint density at radius 2 is 1.78 bits per heavy atom. The van der Waals surface area contributed by atoms with Gasteiger partial charge in [-0.1, -0.05) is 44.2 Å². The Balaban J connectivity index is 1.79. The molecule has 0 radical (unpaired) electrons. The lowest BCUT2D eigenvalue weighted by molar-refractivity contribution is 0.268. The first-order chi connectivity index (χ1) is 11.0. The molecule has 2 heterocycles. The average Bonchev–Trinajstić information content (AvgIpc) is 3.05. The Bertz CT molecular complexity index is 804. The van der Waals surface area contributed by atoms with Crippen LogP contribution in [0.2, 0.25) is 0 Å². The van der Waals surface area contributed by atoms with Crippen molar-refractivity contribution in [3.05, 3.63) is 35.1 Å². The van der Waals surface area contributed by atoms with Gasteiger partial charge in [-0.25, -0.2) is 0 Å². The standard InChI is InChI=1S/C16H20N4O2S/c1-5-21-11-8-6-7-9-12(11)22-10-13-19-20-14(16(2,3)4)17-18-15(20)23-13/h6-9H,5,10H2,1-4H3. The minimum Gasteiger partial charge on any atom is -0.490 e. The van der Waals surface area contributed by atoms with Crippen molar-refractivity contribution in [2.45, 2.75) is 39.7 Å². The van der Waals surface area contributed by atoms with Crippen LogP contribution in [0.25, 0.3) is 4.96 Å². The molecule has 0 aliphatic rings. The third kappa shape index (κ3) is 3.29. The van der Waals surface area contributed by atoms with Crippen molar-refractivity contribution < 1.29 is 9.47 Å². The molecule has 0 spiro atoms. The quantitative estimate of drug-likeness (QED) is 0.716. The summed E-state index contributed by atoms with van der Waals surface area (Å²) in [6.07, 6.45) is 0. The molecule has 7 heteroatoms. The number of benzene rings is 1. The lowest BCUT2D eigenvalue weighted by Gasteiger charge is -2.13. The number of nitrogens with zero attached hydrogens (tertiary/aromatic N) is 4. The number of rotatable bonds is 5. The van der Waals surface area contributed by atoms with E-state index in [4.69, 9.17) is 9.47 Å². The number of ether oxygens (including phenoxy) is 2. The fourth-order valence-corrected chi connectivity index (χ4v) is 2.91. The summed E-state index contributed by atoms with van der Waals surface area (Å²) in [5.41, 5.74) is -0.104. The molecule has 0 bridgehead atoms. The SMILES string of the molecule is CCOc1ccccc1OCc1nn2c(C(C)(C)C)nnc2s1. The predicted octanol–water partition coefficient (Wildman–Crippen LogP) is 3.46. The molecule has 23 heavy (non-hydrogen) atoms. The summed E-state index contributed by atoms with van der Waals surface area (Å²) in [4.78, 5) is 0.784. The number of fused-ring (bicyclic) bond motifs is 1. The van der Waals surface area contributed by atoms with Gasteiger partial charge in [0.25, 0.3) is 0 Å². The van der Waals surface area contributed by atoms with Gasteiger partial charge in [0.1, 0.15) is 6.61 Å². The van der Waals surface area contributed by atoms with Gasteiger partial charge in [-0.3, -0.25) is 0 Å². The first kappa shape index (κ1) is 15.7. The largest absolute Gasteiger partial charge is 0.490 e. The molecule has 122 valence electrons. The minimum absolute atomic E-state index is 0.104. The van der Waals surface area contributed by atoms with Gasteiger partial charge in [-0.2, -0.15) is 9.61 Å². The van der Waals surface area contributed by atoms with Gasteiger partial charge in [0.05, 0.1) is 6.61 Å². The van der Waals surface area contributed by atoms with E-state index < -0.39 is 0 Å². The second-order valence-electron chi connectivity index (χ2n) is 6.13. The number of hydrogen-bond acceptors (Lipinski definition) is 6. The van der Waals surface area contributed by atoms with E-state index in [2.05, 4.69) is 36.1 Å². The highest BCUT2D eigenvalue weighted by Crippen LogP contribution is 2.28. The maximum Gasteiger partial charge on any atom is 0.234 e. The van der Waals surface area contributed by atoms with E-state index in [0.717, 1.165) is 27.3 Å². The highest BCUT2D eigenvalue weighted by Gasteiger charge is 2.23. The van der Waals surface area contributed by atoms with Gasteiger partial charge in [-0.05, 0) is 19.1 Å². The zero-order valence-electron chi connectivity index (χ0n) is 13.7. The molecule has 0 aliphatic carbocycles. The fraction of sp³-hybridized carbons (Fsp3) is 0.438. The molecule has 6 nitrogen and oxygen atoms in total. The molecule has 3 rings (SSSR count). The Morgan fingerprint density at radius 1 is 1.09 bits per heavy atom. The Kier molecular flexibility index (Phi) is 4.21. The molecule has 0 atom stereocenters. The first-order valence-electron chi connectivity index (χ1n) is 7.55. The van der Waals surface area contributed by atoms with Crippen molar-refractivity contribution in [1.29, 1.82) is 0 Å². The topological polar surface area (TPSA) is 61.5 Å². The van der Waals surface area contributed by atoms with Gasteiger partial charge < -0.3 is 9.47 Å². The van der Waals surface area contributed by atoms with Crippen molar-refractivity contribution in [2.24, 2.45) is 0 Å². The van der Waals surface area contributed by atoms with Crippen LogP contribution in [-0.2, 0) is 12.0 Å². The van der Waals surface area contributed by atoms with E-state index in [1.54, 1.807) is 4.52 Å². The Hall–Kier alpha value is -2.15. The molecular formula is C16H20N4O2S. The van der Waals surface area contributed by atoms with Gasteiger partial charge in [-0.15, -0.1) is 10.2 Å². The van der Waals surface area contributed by atoms with Crippen LogP contribution in [0.1, 0.15) is 38.5 Å². The van der Waals surface area contributed by atoms with Gasteiger partial charge >= 0.3 is 0 Å². The van der Waals surface area contributed by atoms with Crippen LogP contribution < -0.4 is 9.47 Å². The second kappa shape index (κ2) is 6.16. The summed E-state index contributed by atoms with van der Waals surface area (Å²) in [5, 5.41) is 13.8. The zero-order chi connectivity index (χ0) is 16.4. The molecule has 0 amide bonds. The summed E-state index contributed by atoms with van der Waals surface area (Å²) in [7, 11) is 0. The second-order valence-corrected chi connectivity index (χ2v) is 7.17. The number of hydrogen-bond donors (Lipinski definition) is 0. The minimum atomic E-state index is -0.104. The fourth-order valence-electron chi connectivity index (χ4n) is 2.17. The highest BCUT2D eigenvalue weighted by molar-refractivity contribution is 7.16. The van der Waals surface area contributed by atoms with Gasteiger partial charge in [0.15, 0.2) is 22.3 Å². The van der Waals surface area contributed by atoms with E-state index in [0.29, 0.717) is 13.2 Å². The van der Waals surface area contributed by atoms with Crippen LogP contribution in [0.3, 0.4) is 0 Å². The smallest absolute Gasteiger partial charge is 0.234 e. The Morgan fingerprint density at radius 3 is 2.43 bits per heavy atom. The zero-order valence-corrected chi connectivity index (χ0v) is 14.6. The molecule has 0 saturated carbocycles. The Labute approximate surface area is 139 Å². The van der Waals surface area contributed by atoms with E-state index in [-0.39, 0.29) is 5.41 Å². The molecule has 3 aromatic rings. The molecule has 0 unspecified atom stereocenters. The van der Waals surface area contributed by atoms with Gasteiger partial charge in [0.2, 0.25) is 4.96 Å². The van der Waals surface area contributed by atoms with Crippen molar-refractivity contribution in [2.75, 3.05) is 6.61 Å². The van der Waals surface area contributed by atoms with E-state index in [1.807, 2.05) is 31.2 Å². The maximum absolute atomic E-state index is 5.86. The molecule has 0 N–H and O–H groups in total. The van der Waals surface area contributed by atoms with Crippen molar-refractivity contribution in [1.82, 2.24) is 19.8 Å². The summed E-state index contributed by atoms with van der Waals surface area (Å²) in [6, 6.07) is 7.64. The van der Waals surface area contributed by atoms with Crippen LogP contribution >= 0.6 is 11.3 Å². The lowest BCUT2D eigenvalue weighted by Crippen LogP contribution is -2.16. The summed E-state index contributed by atoms with van der Waals surface area (Å²) >= 11 is 1.49. The number of aromatic nitrogens is 4. The molecule has 2 aromatic heterocycles.